The first-order valence-electron chi connectivity index (χ1n) is 11.0. The van der Waals surface area contributed by atoms with Crippen molar-refractivity contribution in [3.63, 3.8) is 0 Å². The van der Waals surface area contributed by atoms with Gasteiger partial charge in [-0.25, -0.2) is 4.99 Å². The van der Waals surface area contributed by atoms with Crippen LogP contribution in [0.5, 0.6) is 0 Å². The number of hydrogen-bond acceptors (Lipinski definition) is 4. The molecular weight excluding hydrogens is 392 g/mol. The topological polar surface area (TPSA) is 53.6 Å². The number of rotatable bonds is 8. The van der Waals surface area contributed by atoms with E-state index in [0.717, 1.165) is 46.6 Å². The number of guanidine groups is 1. The van der Waals surface area contributed by atoms with Gasteiger partial charge in [-0.2, -0.15) is 0 Å². The van der Waals surface area contributed by atoms with Crippen molar-refractivity contribution in [3.8, 4) is 0 Å². The Balaban J connectivity index is 1.68. The molecule has 0 amide bonds. The third-order valence-corrected chi connectivity index (χ3v) is 5.89. The molecule has 4 heteroatoms. The molecule has 1 heterocycles. The third-order valence-electron chi connectivity index (χ3n) is 5.89. The molecule has 0 spiro atoms. The molecule has 162 valence electrons. The van der Waals surface area contributed by atoms with Gasteiger partial charge < -0.3 is 16.0 Å². The molecule has 0 unspecified atom stereocenters. The Hall–Kier alpha value is -3.79. The Bertz CT molecular complexity index is 1090. The molecule has 1 aliphatic rings. The number of nitrogens with one attached hydrogen (secondary N) is 1. The zero-order valence-corrected chi connectivity index (χ0v) is 18.6. The summed E-state index contributed by atoms with van der Waals surface area (Å²) in [6.45, 7) is 12.3. The fourth-order valence-corrected chi connectivity index (χ4v) is 4.21. The van der Waals surface area contributed by atoms with Crippen molar-refractivity contribution in [2.45, 2.75) is 25.4 Å². The molecule has 0 aliphatic carbocycles. The minimum absolute atomic E-state index is 0.469. The number of benzene rings is 3. The van der Waals surface area contributed by atoms with Crippen LogP contribution in [0.1, 0.15) is 35.6 Å². The normalized spacial score (nSPS) is 14.8. The summed E-state index contributed by atoms with van der Waals surface area (Å²) in [5, 5.41) is 3.37. The van der Waals surface area contributed by atoms with Crippen molar-refractivity contribution in [1.82, 2.24) is 10.2 Å². The lowest BCUT2D eigenvalue weighted by molar-refractivity contribution is 0.466. The van der Waals surface area contributed by atoms with E-state index in [-0.39, 0.29) is 0 Å². The maximum absolute atomic E-state index is 6.52. The summed E-state index contributed by atoms with van der Waals surface area (Å²) in [6.07, 6.45) is 1.06. The van der Waals surface area contributed by atoms with Gasteiger partial charge in [-0.3, -0.25) is 0 Å². The Morgan fingerprint density at radius 2 is 1.59 bits per heavy atom. The first-order chi connectivity index (χ1) is 15.6. The summed E-state index contributed by atoms with van der Waals surface area (Å²) in [5.74, 6) is 0.469. The lowest BCUT2D eigenvalue weighted by atomic mass is 9.81. The van der Waals surface area contributed by atoms with Gasteiger partial charge in [0.15, 0.2) is 11.5 Å². The molecule has 4 nitrogen and oxygen atoms in total. The van der Waals surface area contributed by atoms with Crippen molar-refractivity contribution in [2.24, 2.45) is 10.7 Å². The summed E-state index contributed by atoms with van der Waals surface area (Å²) in [4.78, 5) is 7.02. The van der Waals surface area contributed by atoms with Crippen LogP contribution in [0.2, 0.25) is 0 Å². The molecule has 0 aromatic heterocycles. The number of hydrogen-bond donors (Lipinski definition) is 2. The summed E-state index contributed by atoms with van der Waals surface area (Å²) in [7, 11) is 0. The van der Waals surface area contributed by atoms with Crippen LogP contribution in [0.25, 0.3) is 5.70 Å². The summed E-state index contributed by atoms with van der Waals surface area (Å²) in [5.41, 5.74) is 11.9. The lowest BCUT2D eigenvalue weighted by Gasteiger charge is -2.31. The Morgan fingerprint density at radius 3 is 2.19 bits per heavy atom. The molecule has 0 atom stereocenters. The lowest BCUT2D eigenvalue weighted by Crippen LogP contribution is -2.34. The van der Waals surface area contributed by atoms with Crippen molar-refractivity contribution in [2.75, 3.05) is 6.54 Å². The first-order valence-corrected chi connectivity index (χ1v) is 11.0. The van der Waals surface area contributed by atoms with Crippen LogP contribution in [0, 0.1) is 0 Å². The predicted molar refractivity (Wildman–Crippen MR) is 134 cm³/mol. The zero-order valence-electron chi connectivity index (χ0n) is 18.6. The van der Waals surface area contributed by atoms with Crippen molar-refractivity contribution in [1.29, 1.82) is 0 Å². The van der Waals surface area contributed by atoms with Crippen LogP contribution >= 0.6 is 0 Å². The quantitative estimate of drug-likeness (QED) is 0.522. The van der Waals surface area contributed by atoms with Crippen LogP contribution in [-0.2, 0) is 12.1 Å². The highest BCUT2D eigenvalue weighted by atomic mass is 15.3. The molecule has 0 saturated heterocycles. The van der Waals surface area contributed by atoms with Crippen LogP contribution in [0.15, 0.2) is 109 Å². The Kier molecular flexibility index (Phi) is 6.13. The second-order valence-corrected chi connectivity index (χ2v) is 8.05. The average Bonchev–Trinajstić information content (AvgIpc) is 3.09. The molecule has 3 aromatic carbocycles. The largest absolute Gasteiger partial charge is 0.385 e. The van der Waals surface area contributed by atoms with E-state index in [1.54, 1.807) is 0 Å². The minimum Gasteiger partial charge on any atom is -0.385 e. The average molecular weight is 423 g/mol. The van der Waals surface area contributed by atoms with Gasteiger partial charge in [0.25, 0.3) is 0 Å². The molecular formula is C28H30N4. The molecule has 3 N–H and O–H groups in total. The second-order valence-electron chi connectivity index (χ2n) is 8.05. The highest BCUT2D eigenvalue weighted by Gasteiger charge is 2.45. The molecule has 0 fully saturated rings. The van der Waals surface area contributed by atoms with E-state index in [2.05, 4.69) is 73.9 Å². The van der Waals surface area contributed by atoms with E-state index in [0.29, 0.717) is 12.5 Å². The van der Waals surface area contributed by atoms with Gasteiger partial charge in [-0.15, -0.1) is 0 Å². The summed E-state index contributed by atoms with van der Waals surface area (Å²) in [6, 6.07) is 28.8. The molecule has 0 bridgehead atoms. The minimum atomic E-state index is -0.740. The molecule has 1 aliphatic heterocycles. The van der Waals surface area contributed by atoms with Gasteiger partial charge >= 0.3 is 0 Å². The third kappa shape index (κ3) is 3.92. The standard InChI is InChI=1S/C28H30N4/c1-4-18-30-21(2)24-13-11-12-23(19-24)20-32-22(3)28(31-27(32)29,25-14-7-5-8-15-25)26-16-9-6-10-17-26/h5-17,19,30H,2-4,18,20H2,1H3,(H2,29,31). The van der Waals surface area contributed by atoms with Gasteiger partial charge in [0.05, 0.1) is 12.2 Å². The fourth-order valence-electron chi connectivity index (χ4n) is 4.21. The summed E-state index contributed by atoms with van der Waals surface area (Å²) < 4.78 is 0. The number of nitrogens with two attached hydrogens (primary N) is 1. The zero-order chi connectivity index (χ0) is 22.6. The van der Waals surface area contributed by atoms with Gasteiger partial charge in [-0.05, 0) is 34.7 Å². The van der Waals surface area contributed by atoms with E-state index >= 15 is 0 Å². The van der Waals surface area contributed by atoms with Gasteiger partial charge in [0.2, 0.25) is 0 Å². The van der Waals surface area contributed by atoms with E-state index in [4.69, 9.17) is 10.7 Å². The monoisotopic (exact) mass is 422 g/mol. The first kappa shape index (κ1) is 21.4. The molecule has 0 saturated carbocycles. The predicted octanol–water partition coefficient (Wildman–Crippen LogP) is 5.24. The van der Waals surface area contributed by atoms with Crippen molar-refractivity contribution >= 4 is 11.7 Å². The van der Waals surface area contributed by atoms with Crippen molar-refractivity contribution < 1.29 is 0 Å². The highest BCUT2D eigenvalue weighted by Crippen LogP contribution is 2.45. The van der Waals surface area contributed by atoms with E-state index in [1.807, 2.05) is 41.3 Å². The van der Waals surface area contributed by atoms with Gasteiger partial charge in [0.1, 0.15) is 0 Å². The molecule has 32 heavy (non-hydrogen) atoms. The van der Waals surface area contributed by atoms with Crippen LogP contribution in [0.4, 0.5) is 0 Å². The summed E-state index contributed by atoms with van der Waals surface area (Å²) >= 11 is 0. The Labute approximate surface area is 190 Å². The van der Waals surface area contributed by atoms with Crippen LogP contribution in [-0.4, -0.2) is 17.4 Å². The molecule has 3 aromatic rings. The maximum atomic E-state index is 6.52. The number of aliphatic imine (C=N–C) groups is 1. The molecule has 0 radical (unpaired) electrons. The van der Waals surface area contributed by atoms with E-state index in [9.17, 15) is 0 Å². The number of nitrogens with zero attached hydrogens (tertiary/aromatic N) is 2. The maximum Gasteiger partial charge on any atom is 0.197 e. The van der Waals surface area contributed by atoms with Gasteiger partial charge in [-0.1, -0.05) is 98.9 Å². The van der Waals surface area contributed by atoms with E-state index in [1.165, 1.54) is 0 Å². The SMILES string of the molecule is C=C(NCCC)c1cccc(CN2C(=C)C(c3ccccc3)(c3ccccc3)N=C2N)c1. The van der Waals surface area contributed by atoms with E-state index < -0.39 is 5.54 Å². The van der Waals surface area contributed by atoms with Crippen LogP contribution < -0.4 is 11.1 Å². The Morgan fingerprint density at radius 1 is 0.969 bits per heavy atom. The van der Waals surface area contributed by atoms with Gasteiger partial charge in [0, 0.05) is 12.2 Å². The van der Waals surface area contributed by atoms with Crippen molar-refractivity contribution in [3.05, 3.63) is 126 Å². The highest BCUT2D eigenvalue weighted by molar-refractivity contribution is 5.85. The second kappa shape index (κ2) is 9.15. The smallest absolute Gasteiger partial charge is 0.197 e. The van der Waals surface area contributed by atoms with Crippen LogP contribution in [0.3, 0.4) is 0 Å². The molecule has 4 rings (SSSR count). The fraction of sp³-hybridized carbons (Fsp3) is 0.179.